The van der Waals surface area contributed by atoms with Crippen LogP contribution in [0, 0.1) is 13.8 Å². The Bertz CT molecular complexity index is 463. The van der Waals surface area contributed by atoms with Crippen molar-refractivity contribution in [3.8, 4) is 0 Å². The van der Waals surface area contributed by atoms with Gasteiger partial charge in [-0.3, -0.25) is 0 Å². The predicted molar refractivity (Wildman–Crippen MR) is 70.9 cm³/mol. The van der Waals surface area contributed by atoms with Gasteiger partial charge in [0.15, 0.2) is 0 Å². The maximum Gasteiger partial charge on any atom is 0.106 e. The van der Waals surface area contributed by atoms with Crippen LogP contribution in [0.3, 0.4) is 0 Å². The fraction of sp³-hybridized carbons (Fsp3) is 0.357. The van der Waals surface area contributed by atoms with Gasteiger partial charge in [0.2, 0.25) is 0 Å². The molecule has 0 spiro atoms. The number of benzene rings is 1. The Morgan fingerprint density at radius 3 is 2.41 bits per heavy atom. The molecule has 1 aromatic heterocycles. The number of aromatic nitrogens is 2. The second-order valence-corrected chi connectivity index (χ2v) is 4.49. The molecule has 0 saturated heterocycles. The Morgan fingerprint density at radius 2 is 1.82 bits per heavy atom. The molecule has 0 amide bonds. The summed E-state index contributed by atoms with van der Waals surface area (Å²) >= 11 is 0. The van der Waals surface area contributed by atoms with Crippen molar-refractivity contribution in [1.82, 2.24) is 9.97 Å². The van der Waals surface area contributed by atoms with E-state index in [4.69, 9.17) is 5.73 Å². The number of H-pyrrole nitrogens is 1. The van der Waals surface area contributed by atoms with Crippen LogP contribution >= 0.6 is 0 Å². The van der Waals surface area contributed by atoms with Crippen molar-refractivity contribution in [2.75, 3.05) is 5.73 Å². The van der Waals surface area contributed by atoms with Gasteiger partial charge in [-0.05, 0) is 44.4 Å². The lowest BCUT2D eigenvalue weighted by Crippen LogP contribution is -1.93. The molecule has 1 aromatic carbocycles. The van der Waals surface area contributed by atoms with Gasteiger partial charge in [0.1, 0.15) is 5.82 Å². The molecule has 0 unspecified atom stereocenters. The molecule has 0 aliphatic heterocycles. The normalized spacial score (nSPS) is 10.7. The number of nitrogens with zero attached hydrogens (tertiary/aromatic N) is 1. The Hall–Kier alpha value is -1.77. The molecule has 3 nitrogen and oxygen atoms in total. The van der Waals surface area contributed by atoms with Gasteiger partial charge in [-0.2, -0.15) is 0 Å². The molecule has 0 aliphatic rings. The van der Waals surface area contributed by atoms with E-state index >= 15 is 0 Å². The third kappa shape index (κ3) is 3.09. The number of imidazole rings is 1. The second-order valence-electron chi connectivity index (χ2n) is 4.49. The molecule has 0 atom stereocenters. The second kappa shape index (κ2) is 5.04. The maximum absolute atomic E-state index is 5.65. The van der Waals surface area contributed by atoms with Gasteiger partial charge in [-0.15, -0.1) is 0 Å². The van der Waals surface area contributed by atoms with Crippen LogP contribution < -0.4 is 5.73 Å². The molecule has 0 bridgehead atoms. The maximum atomic E-state index is 5.65. The van der Waals surface area contributed by atoms with Gasteiger partial charge < -0.3 is 10.7 Å². The summed E-state index contributed by atoms with van der Waals surface area (Å²) in [7, 11) is 0. The molecule has 1 heterocycles. The summed E-state index contributed by atoms with van der Waals surface area (Å²) in [5.74, 6) is 1.09. The lowest BCUT2D eigenvalue weighted by Gasteiger charge is -2.00. The van der Waals surface area contributed by atoms with Crippen molar-refractivity contribution >= 4 is 5.69 Å². The molecule has 3 N–H and O–H groups in total. The topological polar surface area (TPSA) is 54.7 Å². The van der Waals surface area contributed by atoms with Gasteiger partial charge in [-0.25, -0.2) is 4.98 Å². The third-order valence-electron chi connectivity index (χ3n) is 3.04. The highest BCUT2D eigenvalue weighted by atomic mass is 14.9. The summed E-state index contributed by atoms with van der Waals surface area (Å²) < 4.78 is 0. The number of rotatable bonds is 4. The zero-order valence-corrected chi connectivity index (χ0v) is 10.5. The zero-order chi connectivity index (χ0) is 12.3. The minimum Gasteiger partial charge on any atom is -0.399 e. The van der Waals surface area contributed by atoms with Crippen molar-refractivity contribution in [2.45, 2.75) is 33.1 Å². The first-order valence-corrected chi connectivity index (χ1v) is 6.01. The molecule has 0 fully saturated rings. The van der Waals surface area contributed by atoms with E-state index in [0.717, 1.165) is 36.5 Å². The largest absolute Gasteiger partial charge is 0.399 e. The van der Waals surface area contributed by atoms with Crippen LogP contribution in [0.15, 0.2) is 24.3 Å². The van der Waals surface area contributed by atoms with E-state index in [1.807, 2.05) is 19.1 Å². The fourth-order valence-corrected chi connectivity index (χ4v) is 1.88. The van der Waals surface area contributed by atoms with Crippen LogP contribution in [0.25, 0.3) is 0 Å². The first kappa shape index (κ1) is 11.7. The summed E-state index contributed by atoms with van der Waals surface area (Å²) in [6.07, 6.45) is 3.18. The van der Waals surface area contributed by atoms with Crippen LogP contribution in [0.1, 0.15) is 29.2 Å². The summed E-state index contributed by atoms with van der Waals surface area (Å²) in [5, 5.41) is 0. The first-order valence-electron chi connectivity index (χ1n) is 6.01. The number of hydrogen-bond donors (Lipinski definition) is 2. The van der Waals surface area contributed by atoms with Crippen molar-refractivity contribution < 1.29 is 0 Å². The number of aromatic amines is 1. The van der Waals surface area contributed by atoms with Crippen LogP contribution in [-0.2, 0) is 12.8 Å². The minimum absolute atomic E-state index is 0.825. The van der Waals surface area contributed by atoms with Crippen molar-refractivity contribution in [3.05, 3.63) is 47.0 Å². The zero-order valence-electron chi connectivity index (χ0n) is 10.5. The standard InChI is InChI=1S/C14H19N3/c1-10-11(2)17-14(16-10)5-3-4-12-6-8-13(15)9-7-12/h6-9H,3-5,15H2,1-2H3,(H,16,17). The molecule has 3 heteroatoms. The van der Waals surface area contributed by atoms with Crippen LogP contribution in [0.4, 0.5) is 5.69 Å². The summed E-state index contributed by atoms with van der Waals surface area (Å²) in [4.78, 5) is 7.79. The summed E-state index contributed by atoms with van der Waals surface area (Å²) in [6, 6.07) is 8.09. The molecule has 17 heavy (non-hydrogen) atoms. The van der Waals surface area contributed by atoms with E-state index in [1.165, 1.54) is 11.3 Å². The highest BCUT2D eigenvalue weighted by Gasteiger charge is 2.02. The SMILES string of the molecule is Cc1nc(CCCc2ccc(N)cc2)[nH]c1C. The number of nitrogens with two attached hydrogens (primary N) is 1. The molecule has 0 aliphatic carbocycles. The van der Waals surface area contributed by atoms with Crippen molar-refractivity contribution in [2.24, 2.45) is 0 Å². The highest BCUT2D eigenvalue weighted by Crippen LogP contribution is 2.10. The molecule has 90 valence electrons. The lowest BCUT2D eigenvalue weighted by atomic mass is 10.1. The molecular weight excluding hydrogens is 210 g/mol. The molecule has 0 saturated carbocycles. The Kier molecular flexibility index (Phi) is 3.47. The van der Waals surface area contributed by atoms with Gasteiger partial charge >= 0.3 is 0 Å². The fourth-order valence-electron chi connectivity index (χ4n) is 1.88. The molecular formula is C14H19N3. The van der Waals surface area contributed by atoms with Gasteiger partial charge in [0.25, 0.3) is 0 Å². The highest BCUT2D eigenvalue weighted by molar-refractivity contribution is 5.39. The molecule has 2 aromatic rings. The van der Waals surface area contributed by atoms with Crippen LogP contribution in [0.2, 0.25) is 0 Å². The predicted octanol–water partition coefficient (Wildman–Crippen LogP) is 2.78. The minimum atomic E-state index is 0.825. The van der Waals surface area contributed by atoms with Crippen molar-refractivity contribution in [1.29, 1.82) is 0 Å². The number of aryl methyl sites for hydroxylation is 4. The Labute approximate surface area is 102 Å². The van der Waals surface area contributed by atoms with E-state index in [9.17, 15) is 0 Å². The van der Waals surface area contributed by atoms with Crippen LogP contribution in [0.5, 0.6) is 0 Å². The van der Waals surface area contributed by atoms with E-state index in [-0.39, 0.29) is 0 Å². The van der Waals surface area contributed by atoms with Gasteiger partial charge in [0, 0.05) is 17.8 Å². The average molecular weight is 229 g/mol. The summed E-state index contributed by atoms with van der Waals surface area (Å²) in [6.45, 7) is 4.10. The molecule has 0 radical (unpaired) electrons. The van der Waals surface area contributed by atoms with E-state index in [2.05, 4.69) is 29.0 Å². The van der Waals surface area contributed by atoms with Gasteiger partial charge in [-0.1, -0.05) is 12.1 Å². The van der Waals surface area contributed by atoms with E-state index in [1.54, 1.807) is 0 Å². The lowest BCUT2D eigenvalue weighted by molar-refractivity contribution is 0.780. The quantitative estimate of drug-likeness (QED) is 0.792. The third-order valence-corrected chi connectivity index (χ3v) is 3.04. The molecule has 2 rings (SSSR count). The van der Waals surface area contributed by atoms with Crippen molar-refractivity contribution in [3.63, 3.8) is 0 Å². The Balaban J connectivity index is 1.85. The number of anilines is 1. The Morgan fingerprint density at radius 1 is 1.12 bits per heavy atom. The van der Waals surface area contributed by atoms with E-state index < -0.39 is 0 Å². The summed E-state index contributed by atoms with van der Waals surface area (Å²) in [5.41, 5.74) is 10.1. The number of nitrogen functional groups attached to an aromatic ring is 1. The van der Waals surface area contributed by atoms with Gasteiger partial charge in [0.05, 0.1) is 5.69 Å². The number of nitrogens with one attached hydrogen (secondary N) is 1. The monoisotopic (exact) mass is 229 g/mol. The first-order chi connectivity index (χ1) is 8.15. The van der Waals surface area contributed by atoms with E-state index in [0.29, 0.717) is 0 Å². The van der Waals surface area contributed by atoms with Crippen LogP contribution in [-0.4, -0.2) is 9.97 Å². The number of hydrogen-bond acceptors (Lipinski definition) is 2. The smallest absolute Gasteiger partial charge is 0.106 e. The average Bonchev–Trinajstić information content (AvgIpc) is 2.61.